The first-order valence-electron chi connectivity index (χ1n) is 8.44. The maximum atomic E-state index is 12.2. The Kier molecular flexibility index (Phi) is 7.49. The number of benzene rings is 2. The highest BCUT2D eigenvalue weighted by molar-refractivity contribution is 5.80. The van der Waals surface area contributed by atoms with E-state index in [4.69, 9.17) is 15.3 Å². The summed E-state index contributed by atoms with van der Waals surface area (Å²) >= 11 is 0. The van der Waals surface area contributed by atoms with Crippen LogP contribution < -0.4 is 10.5 Å². The zero-order valence-electron chi connectivity index (χ0n) is 15.2. The molecular weight excluding hydrogens is 330 g/mol. The van der Waals surface area contributed by atoms with E-state index in [-0.39, 0.29) is 12.5 Å². The van der Waals surface area contributed by atoms with Gasteiger partial charge in [0.1, 0.15) is 11.6 Å². The number of nitrogens with two attached hydrogens (primary N) is 1. The summed E-state index contributed by atoms with van der Waals surface area (Å²) in [5, 5.41) is 3.82. The van der Waals surface area contributed by atoms with Crippen LogP contribution in [0.1, 0.15) is 17.5 Å². The molecule has 2 rings (SSSR count). The molecule has 0 radical (unpaired) electrons. The topological polar surface area (TPSA) is 77.1 Å². The number of amidine groups is 1. The van der Waals surface area contributed by atoms with Gasteiger partial charge < -0.3 is 20.2 Å². The van der Waals surface area contributed by atoms with Crippen LogP contribution in [0.15, 0.2) is 59.8 Å². The molecule has 2 aromatic carbocycles. The second-order valence-corrected chi connectivity index (χ2v) is 5.90. The van der Waals surface area contributed by atoms with Gasteiger partial charge in [0.05, 0.1) is 7.11 Å². The number of carbonyl (C=O) groups excluding carboxylic acids is 1. The highest BCUT2D eigenvalue weighted by Crippen LogP contribution is 2.18. The molecule has 6 nitrogen and oxygen atoms in total. The number of ether oxygens (including phenoxy) is 1. The van der Waals surface area contributed by atoms with E-state index in [1.54, 1.807) is 19.1 Å². The Labute approximate surface area is 154 Å². The smallest absolute Gasteiger partial charge is 0.263 e. The molecule has 2 N–H and O–H groups in total. The Morgan fingerprint density at radius 3 is 2.54 bits per heavy atom. The molecule has 0 heterocycles. The summed E-state index contributed by atoms with van der Waals surface area (Å²) in [6, 6.07) is 17.6. The molecular formula is C20H25N3O3. The molecule has 6 heteroatoms. The lowest BCUT2D eigenvalue weighted by atomic mass is 10.1. The third kappa shape index (κ3) is 6.12. The van der Waals surface area contributed by atoms with E-state index in [0.717, 1.165) is 17.7 Å². The van der Waals surface area contributed by atoms with E-state index in [0.29, 0.717) is 18.8 Å². The monoisotopic (exact) mass is 355 g/mol. The maximum Gasteiger partial charge on any atom is 0.263 e. The lowest BCUT2D eigenvalue weighted by Gasteiger charge is -2.18. The van der Waals surface area contributed by atoms with Gasteiger partial charge in [-0.1, -0.05) is 53.7 Å². The predicted octanol–water partition coefficient (Wildman–Crippen LogP) is 2.58. The normalized spacial score (nSPS) is 11.1. The molecule has 138 valence electrons. The molecule has 0 aliphatic carbocycles. The Morgan fingerprint density at radius 2 is 1.81 bits per heavy atom. The third-order valence-electron chi connectivity index (χ3n) is 3.91. The number of methoxy groups -OCH3 is 1. The summed E-state index contributed by atoms with van der Waals surface area (Å²) in [5.41, 5.74) is 7.94. The number of oxime groups is 1. The van der Waals surface area contributed by atoms with Crippen LogP contribution in [0.2, 0.25) is 0 Å². The highest BCUT2D eigenvalue weighted by atomic mass is 16.6. The molecule has 0 aromatic heterocycles. The zero-order chi connectivity index (χ0) is 18.8. The molecule has 0 spiro atoms. The summed E-state index contributed by atoms with van der Waals surface area (Å²) in [5.74, 6) is 0.931. The second kappa shape index (κ2) is 10.1. The molecule has 0 bridgehead atoms. The van der Waals surface area contributed by atoms with Crippen molar-refractivity contribution >= 4 is 11.7 Å². The van der Waals surface area contributed by atoms with Gasteiger partial charge in [0, 0.05) is 25.6 Å². The van der Waals surface area contributed by atoms with E-state index in [1.165, 1.54) is 5.56 Å². The lowest BCUT2D eigenvalue weighted by Crippen LogP contribution is -2.29. The second-order valence-electron chi connectivity index (χ2n) is 5.90. The number of amides is 1. The summed E-state index contributed by atoms with van der Waals surface area (Å²) < 4.78 is 5.29. The number of likely N-dealkylation sites (N-methyl/N-ethyl adjacent to an activating group) is 1. The van der Waals surface area contributed by atoms with Gasteiger partial charge in [-0.25, -0.2) is 0 Å². The number of rotatable bonds is 9. The van der Waals surface area contributed by atoms with Crippen LogP contribution in [0.25, 0.3) is 0 Å². The number of nitrogens with zero attached hydrogens (tertiary/aromatic N) is 2. The van der Waals surface area contributed by atoms with E-state index in [2.05, 4.69) is 5.16 Å². The Morgan fingerprint density at radius 1 is 1.12 bits per heavy atom. The fourth-order valence-electron chi connectivity index (χ4n) is 2.42. The van der Waals surface area contributed by atoms with Crippen LogP contribution in [0, 0.1) is 0 Å². The van der Waals surface area contributed by atoms with E-state index < -0.39 is 0 Å². The quantitative estimate of drug-likeness (QED) is 0.426. The third-order valence-corrected chi connectivity index (χ3v) is 3.91. The first kappa shape index (κ1) is 19.3. The fraction of sp³-hybridized carbons (Fsp3) is 0.300. The van der Waals surface area contributed by atoms with Crippen LogP contribution in [-0.4, -0.2) is 37.4 Å². The van der Waals surface area contributed by atoms with Crippen LogP contribution in [0.4, 0.5) is 0 Å². The van der Waals surface area contributed by atoms with E-state index in [1.807, 2.05) is 54.6 Å². The molecule has 1 amide bonds. The largest absolute Gasteiger partial charge is 0.496 e. The van der Waals surface area contributed by atoms with Crippen molar-refractivity contribution in [1.82, 2.24) is 4.90 Å². The number of hydrogen-bond acceptors (Lipinski definition) is 4. The van der Waals surface area contributed by atoms with Crippen LogP contribution >= 0.6 is 0 Å². The minimum Gasteiger partial charge on any atom is -0.496 e. The summed E-state index contributed by atoms with van der Waals surface area (Å²) in [6.45, 7) is 0.275. The van der Waals surface area contributed by atoms with Gasteiger partial charge in [0.15, 0.2) is 6.61 Å². The van der Waals surface area contributed by atoms with Crippen molar-refractivity contribution in [2.24, 2.45) is 10.9 Å². The summed E-state index contributed by atoms with van der Waals surface area (Å²) in [6.07, 6.45) is 1.36. The van der Waals surface area contributed by atoms with Gasteiger partial charge in [0.2, 0.25) is 0 Å². The average Bonchev–Trinajstić information content (AvgIpc) is 2.67. The Hall–Kier alpha value is -3.02. The highest BCUT2D eigenvalue weighted by Gasteiger charge is 2.12. The zero-order valence-corrected chi connectivity index (χ0v) is 15.2. The lowest BCUT2D eigenvalue weighted by molar-refractivity contribution is -0.135. The molecule has 0 unspecified atom stereocenters. The van der Waals surface area contributed by atoms with Gasteiger partial charge in [-0.15, -0.1) is 0 Å². The van der Waals surface area contributed by atoms with Crippen LogP contribution in [-0.2, 0) is 22.6 Å². The molecule has 0 atom stereocenters. The molecule has 0 saturated heterocycles. The molecule has 26 heavy (non-hydrogen) atoms. The van der Waals surface area contributed by atoms with Crippen molar-refractivity contribution in [3.8, 4) is 5.75 Å². The predicted molar refractivity (Wildman–Crippen MR) is 102 cm³/mol. The molecule has 0 fully saturated rings. The Bertz CT molecular complexity index is 732. The van der Waals surface area contributed by atoms with Crippen molar-refractivity contribution in [2.45, 2.75) is 19.4 Å². The van der Waals surface area contributed by atoms with E-state index >= 15 is 0 Å². The van der Waals surface area contributed by atoms with Gasteiger partial charge in [0.25, 0.3) is 5.91 Å². The average molecular weight is 355 g/mol. The van der Waals surface area contributed by atoms with Crippen molar-refractivity contribution in [3.63, 3.8) is 0 Å². The SMILES string of the molecule is COc1ccccc1CN(C)C(=O)CO/N=C(\N)CCc1ccccc1. The number of hydrogen-bond donors (Lipinski definition) is 1. The fourth-order valence-corrected chi connectivity index (χ4v) is 2.42. The Balaban J connectivity index is 1.76. The number of carbonyl (C=O) groups is 1. The number of para-hydroxylation sites is 1. The van der Waals surface area contributed by atoms with Gasteiger partial charge in [-0.3, -0.25) is 4.79 Å². The van der Waals surface area contributed by atoms with Crippen molar-refractivity contribution in [3.05, 3.63) is 65.7 Å². The minimum atomic E-state index is -0.185. The van der Waals surface area contributed by atoms with Gasteiger partial charge in [-0.2, -0.15) is 0 Å². The van der Waals surface area contributed by atoms with Gasteiger partial charge in [-0.05, 0) is 18.1 Å². The van der Waals surface area contributed by atoms with Crippen LogP contribution in [0.5, 0.6) is 5.75 Å². The molecule has 0 aliphatic heterocycles. The molecule has 0 saturated carbocycles. The molecule has 2 aromatic rings. The standard InChI is InChI=1S/C20H25N3O3/c1-23(14-17-10-6-7-11-18(17)25-2)20(24)15-26-22-19(21)13-12-16-8-4-3-5-9-16/h3-11H,12-15H2,1-2H3,(H2,21,22). The first-order valence-corrected chi connectivity index (χ1v) is 8.44. The molecule has 0 aliphatic rings. The van der Waals surface area contributed by atoms with E-state index in [9.17, 15) is 4.79 Å². The maximum absolute atomic E-state index is 12.2. The first-order chi connectivity index (χ1) is 12.6. The number of aryl methyl sites for hydroxylation is 1. The van der Waals surface area contributed by atoms with Crippen molar-refractivity contribution < 1.29 is 14.4 Å². The van der Waals surface area contributed by atoms with Gasteiger partial charge >= 0.3 is 0 Å². The van der Waals surface area contributed by atoms with Crippen LogP contribution in [0.3, 0.4) is 0 Å². The summed E-state index contributed by atoms with van der Waals surface area (Å²) in [4.78, 5) is 18.8. The minimum absolute atomic E-state index is 0.155. The summed E-state index contributed by atoms with van der Waals surface area (Å²) in [7, 11) is 3.32. The van der Waals surface area contributed by atoms with Crippen molar-refractivity contribution in [2.75, 3.05) is 20.8 Å². The van der Waals surface area contributed by atoms with Crippen molar-refractivity contribution in [1.29, 1.82) is 0 Å².